The van der Waals surface area contributed by atoms with Crippen molar-refractivity contribution in [2.45, 2.75) is 45.1 Å². The van der Waals surface area contributed by atoms with E-state index in [2.05, 4.69) is 40.2 Å². The molecule has 3 heterocycles. The van der Waals surface area contributed by atoms with Gasteiger partial charge in [-0.05, 0) is 66.8 Å². The second-order valence-electron chi connectivity index (χ2n) is 10.00. The van der Waals surface area contributed by atoms with E-state index in [1.807, 2.05) is 23.4 Å². The van der Waals surface area contributed by atoms with E-state index < -0.39 is 12.6 Å². The molecular weight excluding hydrogens is 458 g/mol. The molecule has 0 bridgehead atoms. The molecule has 1 amide bonds. The first-order chi connectivity index (χ1) is 17.5. The van der Waals surface area contributed by atoms with Gasteiger partial charge in [-0.25, -0.2) is 4.79 Å². The summed E-state index contributed by atoms with van der Waals surface area (Å²) in [6, 6.07) is 12.5. The molecule has 0 aliphatic carbocycles. The molecular formula is C28H37N3O5. The lowest BCUT2D eigenvalue weighted by atomic mass is 9.73. The van der Waals surface area contributed by atoms with Crippen molar-refractivity contribution in [1.82, 2.24) is 14.8 Å². The van der Waals surface area contributed by atoms with E-state index in [-0.39, 0.29) is 17.9 Å². The lowest BCUT2D eigenvalue weighted by Crippen LogP contribution is -2.49. The van der Waals surface area contributed by atoms with Crippen LogP contribution in [0.3, 0.4) is 0 Å². The number of aryl methyl sites for hydroxylation is 1. The van der Waals surface area contributed by atoms with Crippen LogP contribution < -0.4 is 4.74 Å². The summed E-state index contributed by atoms with van der Waals surface area (Å²) >= 11 is 0. The molecule has 1 aromatic carbocycles. The summed E-state index contributed by atoms with van der Waals surface area (Å²) < 4.78 is 11.3. The zero-order valence-corrected chi connectivity index (χ0v) is 20.9. The van der Waals surface area contributed by atoms with Gasteiger partial charge in [-0.3, -0.25) is 14.7 Å². The maximum absolute atomic E-state index is 12.6. The third kappa shape index (κ3) is 7.51. The van der Waals surface area contributed by atoms with E-state index >= 15 is 0 Å². The zero-order chi connectivity index (χ0) is 25.2. The molecule has 194 valence electrons. The number of fused-ring (bicyclic) bond motifs is 1. The fourth-order valence-corrected chi connectivity index (χ4v) is 5.42. The molecule has 4 rings (SSSR count). The number of pyridine rings is 1. The zero-order valence-electron chi connectivity index (χ0n) is 20.9. The number of hydrogen-bond donors (Lipinski definition) is 1. The number of nitrogens with zero attached hydrogens (tertiary/aromatic N) is 3. The van der Waals surface area contributed by atoms with Crippen LogP contribution in [-0.4, -0.2) is 77.8 Å². The number of para-hydroxylation sites is 1. The van der Waals surface area contributed by atoms with Crippen molar-refractivity contribution in [2.24, 2.45) is 5.41 Å². The van der Waals surface area contributed by atoms with Crippen LogP contribution in [0.2, 0.25) is 0 Å². The first-order valence-electron chi connectivity index (χ1n) is 12.9. The van der Waals surface area contributed by atoms with Gasteiger partial charge in [0.15, 0.2) is 0 Å². The van der Waals surface area contributed by atoms with E-state index in [0.29, 0.717) is 19.7 Å². The summed E-state index contributed by atoms with van der Waals surface area (Å²) in [6.07, 6.45) is 9.92. The minimum atomic E-state index is -1.06. The summed E-state index contributed by atoms with van der Waals surface area (Å²) in [6.45, 7) is 3.98. The average molecular weight is 496 g/mol. The molecule has 2 aliphatic rings. The number of likely N-dealkylation sites (tertiary alicyclic amines) is 1. The van der Waals surface area contributed by atoms with Gasteiger partial charge in [0.1, 0.15) is 25.6 Å². The van der Waals surface area contributed by atoms with Crippen molar-refractivity contribution in [2.75, 3.05) is 46.0 Å². The van der Waals surface area contributed by atoms with Gasteiger partial charge in [0.25, 0.3) is 0 Å². The van der Waals surface area contributed by atoms with Crippen LogP contribution in [0.15, 0.2) is 48.8 Å². The minimum absolute atomic E-state index is 0.127. The Morgan fingerprint density at radius 3 is 2.56 bits per heavy atom. The smallest absolute Gasteiger partial charge is 0.329 e. The highest BCUT2D eigenvalue weighted by atomic mass is 16.5. The van der Waals surface area contributed by atoms with Crippen LogP contribution >= 0.6 is 0 Å². The Morgan fingerprint density at radius 1 is 1.00 bits per heavy atom. The van der Waals surface area contributed by atoms with Crippen molar-refractivity contribution in [3.8, 4) is 5.75 Å². The van der Waals surface area contributed by atoms with Gasteiger partial charge >= 0.3 is 5.97 Å². The van der Waals surface area contributed by atoms with Crippen molar-refractivity contribution in [3.05, 3.63) is 59.9 Å². The lowest BCUT2D eigenvalue weighted by Gasteiger charge is -2.45. The molecule has 1 N–H and O–H groups in total. The van der Waals surface area contributed by atoms with Crippen LogP contribution in [0.5, 0.6) is 5.75 Å². The Kier molecular flexibility index (Phi) is 9.30. The predicted octanol–water partition coefficient (Wildman–Crippen LogP) is 3.40. The largest absolute Gasteiger partial charge is 0.492 e. The van der Waals surface area contributed by atoms with Crippen LogP contribution in [0.1, 0.15) is 43.2 Å². The fourth-order valence-electron chi connectivity index (χ4n) is 5.42. The van der Waals surface area contributed by atoms with Crippen molar-refractivity contribution >= 4 is 11.9 Å². The summed E-state index contributed by atoms with van der Waals surface area (Å²) in [5.41, 5.74) is 2.63. The first kappa shape index (κ1) is 26.1. The van der Waals surface area contributed by atoms with E-state index in [1.54, 1.807) is 0 Å². The molecule has 2 aromatic rings. The Labute approximate surface area is 213 Å². The molecule has 8 heteroatoms. The Balaban J connectivity index is 1.45. The molecule has 1 spiro atoms. The summed E-state index contributed by atoms with van der Waals surface area (Å²) in [7, 11) is 0. The van der Waals surface area contributed by atoms with Crippen LogP contribution in [-0.2, 0) is 27.3 Å². The number of carboxylic acid groups (broad SMARTS) is 1. The van der Waals surface area contributed by atoms with Crippen molar-refractivity contribution in [1.29, 1.82) is 0 Å². The van der Waals surface area contributed by atoms with Gasteiger partial charge < -0.3 is 19.5 Å². The highest BCUT2D eigenvalue weighted by Crippen LogP contribution is 2.38. The number of amides is 1. The summed E-state index contributed by atoms with van der Waals surface area (Å²) in [5, 5.41) is 8.75. The molecule has 36 heavy (non-hydrogen) atoms. The van der Waals surface area contributed by atoms with Crippen LogP contribution in [0.25, 0.3) is 0 Å². The number of aliphatic carboxylic acids is 1. The molecule has 0 unspecified atom stereocenters. The summed E-state index contributed by atoms with van der Waals surface area (Å²) in [4.78, 5) is 31.7. The highest BCUT2D eigenvalue weighted by Gasteiger charge is 2.37. The van der Waals surface area contributed by atoms with Crippen molar-refractivity contribution < 1.29 is 24.2 Å². The quantitative estimate of drug-likeness (QED) is 0.657. The molecule has 1 saturated heterocycles. The third-order valence-corrected chi connectivity index (χ3v) is 7.38. The average Bonchev–Trinajstić information content (AvgIpc) is 2.87. The van der Waals surface area contributed by atoms with Crippen molar-refractivity contribution in [3.63, 3.8) is 0 Å². The Bertz CT molecular complexity index is 992. The standard InChI is InChI=1S/C28H37N3O5/c32-26(20-35-21-27(33)34)31-15-11-28(12-16-31)10-4-3-6-24-5-1-2-7-25(24)36-18-17-30(22-28)19-23-8-13-29-14-9-23/h1-2,5,7-9,13-14H,3-4,6,10-12,15-22H2,(H,33,34). The maximum Gasteiger partial charge on any atom is 0.329 e. The van der Waals surface area contributed by atoms with Crippen LogP contribution in [0, 0.1) is 5.41 Å². The van der Waals surface area contributed by atoms with E-state index in [9.17, 15) is 9.59 Å². The normalized spacial score (nSPS) is 18.9. The molecule has 2 aliphatic heterocycles. The number of carbonyl (C=O) groups is 2. The van der Waals surface area contributed by atoms with Crippen LogP contribution in [0.4, 0.5) is 0 Å². The third-order valence-electron chi connectivity index (χ3n) is 7.38. The van der Waals surface area contributed by atoms with Gasteiger partial charge in [0.2, 0.25) is 5.91 Å². The molecule has 1 aromatic heterocycles. The molecule has 0 radical (unpaired) electrons. The number of rotatable bonds is 6. The first-order valence-corrected chi connectivity index (χ1v) is 12.9. The SMILES string of the molecule is O=C(O)COCC(=O)N1CCC2(CCCCc3ccccc3OCCN(Cc3ccncc3)C2)CC1. The number of hydrogen-bond acceptors (Lipinski definition) is 6. The van der Waals surface area contributed by atoms with Gasteiger partial charge in [-0.15, -0.1) is 0 Å². The number of carbonyl (C=O) groups excluding carboxylic acids is 1. The number of carboxylic acids is 1. The Morgan fingerprint density at radius 2 is 1.78 bits per heavy atom. The molecule has 1 fully saturated rings. The monoisotopic (exact) mass is 495 g/mol. The summed E-state index contributed by atoms with van der Waals surface area (Å²) in [5.74, 6) is -0.194. The van der Waals surface area contributed by atoms with Gasteiger partial charge in [-0.2, -0.15) is 0 Å². The number of ether oxygens (including phenoxy) is 2. The van der Waals surface area contributed by atoms with E-state index in [1.165, 1.54) is 11.1 Å². The minimum Gasteiger partial charge on any atom is -0.492 e. The van der Waals surface area contributed by atoms with E-state index in [4.69, 9.17) is 14.6 Å². The second-order valence-corrected chi connectivity index (χ2v) is 10.00. The van der Waals surface area contributed by atoms with Gasteiger partial charge in [0.05, 0.1) is 0 Å². The maximum atomic E-state index is 12.6. The number of aromatic nitrogens is 1. The molecule has 0 saturated carbocycles. The topological polar surface area (TPSA) is 92.2 Å². The fraction of sp³-hybridized carbons (Fsp3) is 0.536. The highest BCUT2D eigenvalue weighted by molar-refractivity contribution is 5.78. The van der Waals surface area contributed by atoms with E-state index in [0.717, 1.165) is 63.9 Å². The predicted molar refractivity (Wildman–Crippen MR) is 136 cm³/mol. The van der Waals surface area contributed by atoms with Gasteiger partial charge in [-0.1, -0.05) is 24.6 Å². The van der Waals surface area contributed by atoms with Gasteiger partial charge in [0, 0.05) is 45.1 Å². The number of benzene rings is 1. The molecule has 0 atom stereocenters. The lowest BCUT2D eigenvalue weighted by molar-refractivity contribution is -0.146. The number of piperidine rings is 1. The Hall–Kier alpha value is -2.97. The molecule has 8 nitrogen and oxygen atoms in total. The second kappa shape index (κ2) is 12.8.